The van der Waals surface area contributed by atoms with Crippen molar-refractivity contribution in [2.24, 2.45) is 5.92 Å². The molecule has 8 nitrogen and oxygen atoms in total. The van der Waals surface area contributed by atoms with E-state index in [2.05, 4.69) is 4.98 Å². The lowest BCUT2D eigenvalue weighted by atomic mass is 9.99. The first-order chi connectivity index (χ1) is 11.9. The first kappa shape index (κ1) is 18.7. The fraction of sp³-hybridized carbons (Fsp3) is 0.375. The van der Waals surface area contributed by atoms with E-state index >= 15 is 0 Å². The molecule has 0 saturated heterocycles. The molecule has 0 bridgehead atoms. The van der Waals surface area contributed by atoms with Gasteiger partial charge >= 0.3 is 11.9 Å². The number of Topliss-reactive ketones (excluding diaryl/α,β-unsaturated/α-hetero) is 1. The molecule has 9 heteroatoms. The standard InChI is InChI=1S/C16H17NO7S/c1-4-24-16(21)9(7-12(18)19)13(20)11-6-8-5-10(22-2)14(23-3)17-15(8)25-11/h5-6,9H,4,7H2,1-3H3,(H,18,19). The maximum Gasteiger partial charge on any atom is 0.317 e. The van der Waals surface area contributed by atoms with Crippen LogP contribution in [-0.4, -0.2) is 48.6 Å². The number of carboxylic acids is 1. The number of aromatic nitrogens is 1. The monoisotopic (exact) mass is 367 g/mol. The number of methoxy groups -OCH3 is 2. The largest absolute Gasteiger partial charge is 0.491 e. The highest BCUT2D eigenvalue weighted by molar-refractivity contribution is 7.20. The highest BCUT2D eigenvalue weighted by Gasteiger charge is 2.32. The molecule has 2 aromatic heterocycles. The van der Waals surface area contributed by atoms with E-state index in [0.29, 0.717) is 16.0 Å². The zero-order valence-electron chi connectivity index (χ0n) is 13.9. The van der Waals surface area contributed by atoms with Gasteiger partial charge in [0.05, 0.1) is 32.1 Å². The molecule has 0 radical (unpaired) electrons. The summed E-state index contributed by atoms with van der Waals surface area (Å²) in [7, 11) is 2.91. The summed E-state index contributed by atoms with van der Waals surface area (Å²) >= 11 is 1.05. The molecule has 2 rings (SSSR count). The van der Waals surface area contributed by atoms with E-state index in [1.807, 2.05) is 0 Å². The van der Waals surface area contributed by atoms with E-state index in [1.54, 1.807) is 19.1 Å². The van der Waals surface area contributed by atoms with Gasteiger partial charge in [0.25, 0.3) is 5.88 Å². The van der Waals surface area contributed by atoms with Crippen LogP contribution in [0, 0.1) is 5.92 Å². The molecule has 1 atom stereocenters. The highest BCUT2D eigenvalue weighted by atomic mass is 32.1. The number of fused-ring (bicyclic) bond motifs is 1. The Hall–Kier alpha value is -2.68. The third-order valence-corrected chi connectivity index (χ3v) is 4.42. The van der Waals surface area contributed by atoms with Crippen LogP contribution in [0.1, 0.15) is 23.0 Å². The van der Waals surface area contributed by atoms with Crippen molar-refractivity contribution in [2.75, 3.05) is 20.8 Å². The van der Waals surface area contributed by atoms with Gasteiger partial charge in [-0.1, -0.05) is 0 Å². The van der Waals surface area contributed by atoms with Gasteiger partial charge in [-0.05, 0) is 19.1 Å². The third kappa shape index (κ3) is 4.05. The van der Waals surface area contributed by atoms with Crippen molar-refractivity contribution in [3.63, 3.8) is 0 Å². The molecule has 0 aromatic carbocycles. The quantitative estimate of drug-likeness (QED) is 0.429. The lowest BCUT2D eigenvalue weighted by Crippen LogP contribution is -2.28. The van der Waals surface area contributed by atoms with Crippen LogP contribution in [0.5, 0.6) is 11.6 Å². The highest BCUT2D eigenvalue weighted by Crippen LogP contribution is 2.34. The molecular formula is C16H17NO7S. The molecule has 0 spiro atoms. The van der Waals surface area contributed by atoms with E-state index in [9.17, 15) is 14.4 Å². The Kier molecular flexibility index (Phi) is 5.92. The summed E-state index contributed by atoms with van der Waals surface area (Å²) in [5.41, 5.74) is 0. The third-order valence-electron chi connectivity index (χ3n) is 3.36. The van der Waals surface area contributed by atoms with E-state index in [1.165, 1.54) is 14.2 Å². The number of rotatable bonds is 8. The fourth-order valence-corrected chi connectivity index (χ4v) is 3.22. The molecular weight excluding hydrogens is 350 g/mol. The number of pyridine rings is 1. The first-order valence-electron chi connectivity index (χ1n) is 7.36. The van der Waals surface area contributed by atoms with Gasteiger partial charge in [-0.2, -0.15) is 4.98 Å². The number of carbonyl (C=O) groups excluding carboxylic acids is 2. The number of thiophene rings is 1. The molecule has 0 aliphatic rings. The van der Waals surface area contributed by atoms with Gasteiger partial charge in [0.2, 0.25) is 0 Å². The molecule has 2 heterocycles. The predicted molar refractivity (Wildman–Crippen MR) is 89.4 cm³/mol. The molecule has 0 saturated carbocycles. The number of ketones is 1. The minimum atomic E-state index is -1.39. The Balaban J connectivity index is 2.42. The molecule has 1 N–H and O–H groups in total. The topological polar surface area (TPSA) is 112 Å². The van der Waals surface area contributed by atoms with Crippen molar-refractivity contribution in [2.45, 2.75) is 13.3 Å². The summed E-state index contributed by atoms with van der Waals surface area (Å²) in [5.74, 6) is -3.44. The summed E-state index contributed by atoms with van der Waals surface area (Å²) < 4.78 is 15.1. The molecule has 0 fully saturated rings. The van der Waals surface area contributed by atoms with Crippen molar-refractivity contribution < 1.29 is 33.7 Å². The van der Waals surface area contributed by atoms with Gasteiger partial charge in [0, 0.05) is 5.39 Å². The van der Waals surface area contributed by atoms with Crippen molar-refractivity contribution >= 4 is 39.3 Å². The number of carboxylic acid groups (broad SMARTS) is 1. The van der Waals surface area contributed by atoms with Crippen molar-refractivity contribution in [1.82, 2.24) is 4.98 Å². The van der Waals surface area contributed by atoms with Crippen molar-refractivity contribution in [3.05, 3.63) is 17.0 Å². The van der Waals surface area contributed by atoms with Gasteiger partial charge < -0.3 is 19.3 Å². The van der Waals surface area contributed by atoms with Gasteiger partial charge in [0.15, 0.2) is 11.5 Å². The van der Waals surface area contributed by atoms with Crippen LogP contribution in [0.15, 0.2) is 12.1 Å². The van der Waals surface area contributed by atoms with Crippen LogP contribution in [0.25, 0.3) is 10.2 Å². The van der Waals surface area contributed by atoms with Crippen LogP contribution in [0.2, 0.25) is 0 Å². The van der Waals surface area contributed by atoms with Gasteiger partial charge in [-0.3, -0.25) is 14.4 Å². The van der Waals surface area contributed by atoms with Crippen LogP contribution in [0.4, 0.5) is 0 Å². The Bertz CT molecular complexity index is 773. The minimum absolute atomic E-state index is 0.0601. The molecule has 2 aromatic rings. The van der Waals surface area contributed by atoms with Crippen LogP contribution < -0.4 is 9.47 Å². The SMILES string of the molecule is CCOC(=O)C(CC(=O)O)C(=O)c1cc2cc(OC)c(OC)nc2s1. The number of nitrogens with zero attached hydrogens (tertiary/aromatic N) is 1. The smallest absolute Gasteiger partial charge is 0.317 e. The second kappa shape index (κ2) is 7.93. The Morgan fingerprint density at radius 3 is 2.52 bits per heavy atom. The average molecular weight is 367 g/mol. The second-order valence-corrected chi connectivity index (χ2v) is 6.00. The molecule has 134 valence electrons. The number of aliphatic carboxylic acids is 1. The Labute approximate surface area is 147 Å². The van der Waals surface area contributed by atoms with Gasteiger partial charge in [-0.25, -0.2) is 0 Å². The molecule has 0 aliphatic heterocycles. The molecule has 1 unspecified atom stereocenters. The number of carbonyl (C=O) groups is 3. The maximum atomic E-state index is 12.6. The number of hydrogen-bond donors (Lipinski definition) is 1. The Morgan fingerprint density at radius 2 is 1.96 bits per heavy atom. The molecule has 25 heavy (non-hydrogen) atoms. The zero-order valence-corrected chi connectivity index (χ0v) is 14.7. The first-order valence-corrected chi connectivity index (χ1v) is 8.18. The van der Waals surface area contributed by atoms with Gasteiger partial charge in [-0.15, -0.1) is 11.3 Å². The average Bonchev–Trinajstić information content (AvgIpc) is 3.00. The van der Waals surface area contributed by atoms with E-state index < -0.39 is 30.1 Å². The normalized spacial score (nSPS) is 11.8. The van der Waals surface area contributed by atoms with E-state index in [0.717, 1.165) is 11.3 Å². The molecule has 0 amide bonds. The number of hydrogen-bond acceptors (Lipinski definition) is 8. The second-order valence-electron chi connectivity index (χ2n) is 4.97. The Morgan fingerprint density at radius 1 is 1.24 bits per heavy atom. The summed E-state index contributed by atoms with van der Waals surface area (Å²) in [4.78, 5) is 40.6. The summed E-state index contributed by atoms with van der Waals surface area (Å²) in [6, 6.07) is 3.20. The number of esters is 1. The van der Waals surface area contributed by atoms with E-state index in [-0.39, 0.29) is 17.4 Å². The molecule has 0 aliphatic carbocycles. The van der Waals surface area contributed by atoms with E-state index in [4.69, 9.17) is 19.3 Å². The minimum Gasteiger partial charge on any atom is -0.491 e. The van der Waals surface area contributed by atoms with Crippen LogP contribution >= 0.6 is 11.3 Å². The number of ether oxygens (including phenoxy) is 3. The van der Waals surface area contributed by atoms with Crippen molar-refractivity contribution in [1.29, 1.82) is 0 Å². The zero-order chi connectivity index (χ0) is 18.6. The fourth-order valence-electron chi connectivity index (χ4n) is 2.22. The summed E-state index contributed by atoms with van der Waals surface area (Å²) in [6.45, 7) is 1.65. The summed E-state index contributed by atoms with van der Waals surface area (Å²) in [6.07, 6.45) is -0.633. The predicted octanol–water partition coefficient (Wildman–Crippen LogP) is 2.15. The lowest BCUT2D eigenvalue weighted by Gasteiger charge is -2.11. The van der Waals surface area contributed by atoms with Crippen LogP contribution in [-0.2, 0) is 14.3 Å². The van der Waals surface area contributed by atoms with Gasteiger partial charge in [0.1, 0.15) is 10.7 Å². The maximum absolute atomic E-state index is 12.6. The van der Waals surface area contributed by atoms with Crippen LogP contribution in [0.3, 0.4) is 0 Å². The lowest BCUT2D eigenvalue weighted by molar-refractivity contribution is -0.150. The summed E-state index contributed by atoms with van der Waals surface area (Å²) in [5, 5.41) is 9.60. The van der Waals surface area contributed by atoms with Crippen molar-refractivity contribution in [3.8, 4) is 11.6 Å².